The van der Waals surface area contributed by atoms with Gasteiger partial charge in [-0.05, 0) is 0 Å². The largest absolute Gasteiger partial charge is 0.366 e. The Morgan fingerprint density at radius 1 is 1.86 bits per heavy atom. The molecule has 0 saturated carbocycles. The lowest BCUT2D eigenvalue weighted by Crippen LogP contribution is -1.77. The Balaban J connectivity index is 3.12. The monoisotopic (exact) mass is 118 g/mol. The fourth-order valence-electron chi connectivity index (χ4n) is 0.237. The topological polar surface area (TPSA) is 52.0 Å². The highest BCUT2D eigenvalue weighted by Gasteiger charge is 1.95. The van der Waals surface area contributed by atoms with Gasteiger partial charge in [-0.3, -0.25) is 0 Å². The number of hydrogen-bond donors (Lipinski definition) is 1. The molecule has 0 unspecified atom stereocenters. The first-order chi connectivity index (χ1) is 3.30. The molecule has 0 saturated heterocycles. The van der Waals surface area contributed by atoms with Crippen LogP contribution in [0.25, 0.3) is 0 Å². The quantitative estimate of drug-likeness (QED) is 0.551. The van der Waals surface area contributed by atoms with Crippen LogP contribution in [0, 0.1) is 0 Å². The molecular formula is C3H3ClN2O. The van der Waals surface area contributed by atoms with Crippen LogP contribution >= 0.6 is 11.6 Å². The average Bonchev–Trinajstić information content (AvgIpc) is 1.91. The summed E-state index contributed by atoms with van der Waals surface area (Å²) in [5.74, 6) is 0.168. The van der Waals surface area contributed by atoms with E-state index >= 15 is 0 Å². The van der Waals surface area contributed by atoms with Gasteiger partial charge in [-0.2, -0.15) is 0 Å². The van der Waals surface area contributed by atoms with Crippen LogP contribution in [0.4, 0.5) is 5.88 Å². The lowest BCUT2D eigenvalue weighted by atomic mass is 10.7. The number of nitrogens with two attached hydrogens (primary N) is 1. The van der Waals surface area contributed by atoms with E-state index in [-0.39, 0.29) is 5.88 Å². The number of rotatable bonds is 0. The first-order valence-corrected chi connectivity index (χ1v) is 2.04. The second kappa shape index (κ2) is 1.42. The maximum atomic E-state index is 5.34. The van der Waals surface area contributed by atoms with Crippen LogP contribution in [0.5, 0.6) is 0 Å². The zero-order valence-electron chi connectivity index (χ0n) is 3.39. The highest BCUT2D eigenvalue weighted by atomic mass is 35.5. The fraction of sp³-hybridized carbons (Fsp3) is 0. The molecule has 0 aliphatic rings. The zero-order chi connectivity index (χ0) is 5.28. The van der Waals surface area contributed by atoms with Crippen molar-refractivity contribution in [2.24, 2.45) is 0 Å². The van der Waals surface area contributed by atoms with Gasteiger partial charge in [0.1, 0.15) is 5.02 Å². The van der Waals surface area contributed by atoms with Gasteiger partial charge in [0, 0.05) is 0 Å². The van der Waals surface area contributed by atoms with E-state index in [0.29, 0.717) is 5.02 Å². The van der Waals surface area contributed by atoms with Gasteiger partial charge in [-0.1, -0.05) is 16.8 Å². The van der Waals surface area contributed by atoms with Gasteiger partial charge in [0.15, 0.2) is 0 Å². The first kappa shape index (κ1) is 4.46. The van der Waals surface area contributed by atoms with E-state index in [1.807, 2.05) is 0 Å². The number of hydrogen-bond acceptors (Lipinski definition) is 3. The Labute approximate surface area is 45.0 Å². The molecule has 0 aliphatic carbocycles. The van der Waals surface area contributed by atoms with Crippen LogP contribution < -0.4 is 5.73 Å². The van der Waals surface area contributed by atoms with Crippen LogP contribution in [0.3, 0.4) is 0 Å². The van der Waals surface area contributed by atoms with Crippen molar-refractivity contribution in [3.63, 3.8) is 0 Å². The van der Waals surface area contributed by atoms with Crippen molar-refractivity contribution >= 4 is 17.5 Å². The summed E-state index contributed by atoms with van der Waals surface area (Å²) in [5.41, 5.74) is 5.08. The molecule has 0 atom stereocenters. The molecule has 0 spiro atoms. The molecule has 4 heteroatoms. The van der Waals surface area contributed by atoms with E-state index < -0.39 is 0 Å². The van der Waals surface area contributed by atoms with Crippen LogP contribution in [0.2, 0.25) is 5.02 Å². The highest BCUT2D eigenvalue weighted by Crippen LogP contribution is 2.14. The summed E-state index contributed by atoms with van der Waals surface area (Å²) >= 11 is 5.34. The van der Waals surface area contributed by atoms with E-state index in [2.05, 4.69) is 9.68 Å². The van der Waals surface area contributed by atoms with Crippen molar-refractivity contribution < 1.29 is 4.52 Å². The van der Waals surface area contributed by atoms with Crippen molar-refractivity contribution in [3.05, 3.63) is 11.2 Å². The third-order valence-electron chi connectivity index (χ3n) is 0.552. The molecule has 0 radical (unpaired) electrons. The van der Waals surface area contributed by atoms with Crippen LogP contribution in [-0.2, 0) is 0 Å². The number of aromatic nitrogens is 1. The molecule has 38 valence electrons. The summed E-state index contributed by atoms with van der Waals surface area (Å²) in [6.45, 7) is 0. The molecule has 2 N–H and O–H groups in total. The summed E-state index contributed by atoms with van der Waals surface area (Å²) < 4.78 is 4.36. The minimum atomic E-state index is 0.168. The zero-order valence-corrected chi connectivity index (χ0v) is 4.14. The van der Waals surface area contributed by atoms with Gasteiger partial charge in [0.25, 0.3) is 0 Å². The lowest BCUT2D eigenvalue weighted by molar-refractivity contribution is 0.436. The van der Waals surface area contributed by atoms with Crippen molar-refractivity contribution in [1.29, 1.82) is 0 Å². The normalized spacial score (nSPS) is 9.29. The molecule has 0 aromatic carbocycles. The summed E-state index contributed by atoms with van der Waals surface area (Å²) in [5, 5.41) is 3.65. The number of nitrogen functional groups attached to an aromatic ring is 1. The maximum absolute atomic E-state index is 5.34. The molecule has 0 aliphatic heterocycles. The lowest BCUT2D eigenvalue weighted by Gasteiger charge is -1.74. The maximum Gasteiger partial charge on any atom is 0.240 e. The second-order valence-electron chi connectivity index (χ2n) is 1.04. The van der Waals surface area contributed by atoms with Gasteiger partial charge in [-0.25, -0.2) is 0 Å². The first-order valence-electron chi connectivity index (χ1n) is 1.66. The van der Waals surface area contributed by atoms with Crippen LogP contribution in [-0.4, -0.2) is 5.16 Å². The van der Waals surface area contributed by atoms with Crippen molar-refractivity contribution in [1.82, 2.24) is 5.16 Å². The van der Waals surface area contributed by atoms with Gasteiger partial charge in [0.2, 0.25) is 5.88 Å². The Hall–Kier alpha value is -0.700. The molecule has 0 amide bonds. The second-order valence-corrected chi connectivity index (χ2v) is 1.45. The van der Waals surface area contributed by atoms with E-state index in [1.165, 1.54) is 6.20 Å². The minimum absolute atomic E-state index is 0.168. The molecule has 0 fully saturated rings. The summed E-state index contributed by atoms with van der Waals surface area (Å²) in [4.78, 5) is 0. The predicted molar refractivity (Wildman–Crippen MR) is 25.9 cm³/mol. The van der Waals surface area contributed by atoms with Crippen LogP contribution in [0.15, 0.2) is 10.7 Å². The van der Waals surface area contributed by atoms with E-state index in [0.717, 1.165) is 0 Å². The van der Waals surface area contributed by atoms with Crippen molar-refractivity contribution in [3.8, 4) is 0 Å². The summed E-state index contributed by atoms with van der Waals surface area (Å²) in [6, 6.07) is 0. The minimum Gasteiger partial charge on any atom is -0.366 e. The summed E-state index contributed by atoms with van der Waals surface area (Å²) in [6.07, 6.45) is 1.34. The third kappa shape index (κ3) is 0.667. The molecule has 1 heterocycles. The van der Waals surface area contributed by atoms with Crippen molar-refractivity contribution in [2.45, 2.75) is 0 Å². The van der Waals surface area contributed by atoms with Gasteiger partial charge in [-0.15, -0.1) is 0 Å². The van der Waals surface area contributed by atoms with E-state index in [1.54, 1.807) is 0 Å². The SMILES string of the molecule is Nc1oncc1Cl. The van der Waals surface area contributed by atoms with E-state index in [4.69, 9.17) is 17.3 Å². The highest BCUT2D eigenvalue weighted by molar-refractivity contribution is 6.32. The predicted octanol–water partition coefficient (Wildman–Crippen LogP) is 0.910. The molecule has 1 rings (SSSR count). The van der Waals surface area contributed by atoms with Gasteiger partial charge in [0.05, 0.1) is 6.20 Å². The standard InChI is InChI=1S/C3H3ClN2O/c4-2-1-6-7-3(2)5/h1H,5H2. The van der Waals surface area contributed by atoms with Gasteiger partial charge >= 0.3 is 0 Å². The Bertz CT molecular complexity index is 145. The number of anilines is 1. The fourth-order valence-corrected chi connectivity index (χ4v) is 0.311. The Kier molecular flexibility index (Phi) is 0.906. The molecular weight excluding hydrogens is 115 g/mol. The molecule has 0 bridgehead atoms. The number of halogens is 1. The molecule has 3 nitrogen and oxygen atoms in total. The van der Waals surface area contributed by atoms with E-state index in [9.17, 15) is 0 Å². The molecule has 7 heavy (non-hydrogen) atoms. The third-order valence-corrected chi connectivity index (χ3v) is 0.836. The molecule has 1 aromatic rings. The Morgan fingerprint density at radius 2 is 2.57 bits per heavy atom. The number of nitrogens with zero attached hydrogens (tertiary/aromatic N) is 1. The average molecular weight is 119 g/mol. The summed E-state index contributed by atoms with van der Waals surface area (Å²) in [7, 11) is 0. The van der Waals surface area contributed by atoms with Crippen LogP contribution in [0.1, 0.15) is 0 Å². The Morgan fingerprint density at radius 3 is 2.71 bits per heavy atom. The smallest absolute Gasteiger partial charge is 0.240 e. The van der Waals surface area contributed by atoms with Gasteiger partial charge < -0.3 is 10.3 Å². The van der Waals surface area contributed by atoms with Crippen molar-refractivity contribution in [2.75, 3.05) is 5.73 Å². The molecule has 1 aromatic heterocycles.